The summed E-state index contributed by atoms with van der Waals surface area (Å²) in [4.78, 5) is 23.5. The molecule has 1 amide bonds. The second kappa shape index (κ2) is 7.57. The SMILES string of the molecule is COC(=O)c1cc(NC(=O)CSc2nnc(C)s2)ccc1Cl. The topological polar surface area (TPSA) is 81.2 Å². The Hall–Kier alpha value is -1.64. The van der Waals surface area contributed by atoms with Crippen molar-refractivity contribution in [3.63, 3.8) is 0 Å². The lowest BCUT2D eigenvalue weighted by Crippen LogP contribution is -2.14. The molecule has 0 unspecified atom stereocenters. The fourth-order valence-corrected chi connectivity index (χ4v) is 3.34. The van der Waals surface area contributed by atoms with Gasteiger partial charge in [-0.1, -0.05) is 34.7 Å². The van der Waals surface area contributed by atoms with Crippen LogP contribution in [0.5, 0.6) is 0 Å². The summed E-state index contributed by atoms with van der Waals surface area (Å²) in [6.45, 7) is 1.85. The summed E-state index contributed by atoms with van der Waals surface area (Å²) in [5, 5.41) is 11.6. The minimum absolute atomic E-state index is 0.199. The zero-order valence-corrected chi connectivity index (χ0v) is 14.1. The number of nitrogens with zero attached hydrogens (tertiary/aromatic N) is 2. The largest absolute Gasteiger partial charge is 0.465 e. The van der Waals surface area contributed by atoms with E-state index in [9.17, 15) is 9.59 Å². The van der Waals surface area contributed by atoms with Crippen molar-refractivity contribution in [3.05, 3.63) is 33.8 Å². The molecule has 1 heterocycles. The van der Waals surface area contributed by atoms with Crippen molar-refractivity contribution >= 4 is 52.3 Å². The maximum atomic E-state index is 11.9. The Morgan fingerprint density at radius 3 is 2.82 bits per heavy atom. The van der Waals surface area contributed by atoms with E-state index >= 15 is 0 Å². The van der Waals surface area contributed by atoms with Crippen LogP contribution in [-0.2, 0) is 9.53 Å². The number of rotatable bonds is 5. The summed E-state index contributed by atoms with van der Waals surface area (Å²) in [7, 11) is 1.27. The molecule has 0 fully saturated rings. The Labute approximate surface area is 140 Å². The normalized spacial score (nSPS) is 10.3. The van der Waals surface area contributed by atoms with Gasteiger partial charge in [-0.05, 0) is 25.1 Å². The molecule has 116 valence electrons. The average Bonchev–Trinajstić information content (AvgIpc) is 2.92. The number of hydrogen-bond donors (Lipinski definition) is 1. The van der Waals surface area contributed by atoms with Gasteiger partial charge >= 0.3 is 5.97 Å². The quantitative estimate of drug-likeness (QED) is 0.654. The van der Waals surface area contributed by atoms with Crippen LogP contribution < -0.4 is 5.32 Å². The summed E-state index contributed by atoms with van der Waals surface area (Å²) in [6, 6.07) is 4.63. The third-order valence-electron chi connectivity index (χ3n) is 2.49. The molecule has 0 saturated carbocycles. The van der Waals surface area contributed by atoms with Crippen LogP contribution >= 0.6 is 34.7 Å². The standard InChI is InChI=1S/C13H12ClN3O3S2/c1-7-16-17-13(22-7)21-6-11(18)15-8-3-4-10(14)9(5-8)12(19)20-2/h3-5H,6H2,1-2H3,(H,15,18). The molecule has 1 N–H and O–H groups in total. The highest BCUT2D eigenvalue weighted by molar-refractivity contribution is 8.01. The van der Waals surface area contributed by atoms with Crippen molar-refractivity contribution < 1.29 is 14.3 Å². The number of ether oxygens (including phenoxy) is 1. The first-order chi connectivity index (χ1) is 10.5. The first-order valence-corrected chi connectivity index (χ1v) is 8.28. The van der Waals surface area contributed by atoms with Crippen LogP contribution in [0.1, 0.15) is 15.4 Å². The second-order valence-electron chi connectivity index (χ2n) is 4.11. The molecule has 0 radical (unpaired) electrons. The molecule has 22 heavy (non-hydrogen) atoms. The van der Waals surface area contributed by atoms with E-state index in [-0.39, 0.29) is 22.2 Å². The lowest BCUT2D eigenvalue weighted by atomic mass is 10.2. The van der Waals surface area contributed by atoms with Gasteiger partial charge in [0.05, 0.1) is 23.4 Å². The van der Waals surface area contributed by atoms with Gasteiger partial charge in [-0.3, -0.25) is 4.79 Å². The van der Waals surface area contributed by atoms with Crippen molar-refractivity contribution in [2.24, 2.45) is 0 Å². The number of carbonyl (C=O) groups excluding carboxylic acids is 2. The molecule has 0 saturated heterocycles. The Bertz CT molecular complexity index is 706. The highest BCUT2D eigenvalue weighted by atomic mass is 35.5. The number of anilines is 1. The monoisotopic (exact) mass is 357 g/mol. The zero-order valence-electron chi connectivity index (χ0n) is 11.8. The van der Waals surface area contributed by atoms with E-state index in [4.69, 9.17) is 11.6 Å². The van der Waals surface area contributed by atoms with Gasteiger partial charge in [0.1, 0.15) is 5.01 Å². The minimum Gasteiger partial charge on any atom is -0.465 e. The maximum Gasteiger partial charge on any atom is 0.339 e. The van der Waals surface area contributed by atoms with E-state index in [0.717, 1.165) is 9.35 Å². The number of methoxy groups -OCH3 is 1. The van der Waals surface area contributed by atoms with Crippen molar-refractivity contribution in [1.82, 2.24) is 10.2 Å². The van der Waals surface area contributed by atoms with Crippen molar-refractivity contribution in [2.75, 3.05) is 18.2 Å². The zero-order chi connectivity index (χ0) is 16.1. The number of thioether (sulfide) groups is 1. The molecule has 0 atom stereocenters. The molecule has 0 bridgehead atoms. The Morgan fingerprint density at radius 2 is 2.18 bits per heavy atom. The van der Waals surface area contributed by atoms with Gasteiger partial charge in [-0.15, -0.1) is 10.2 Å². The number of benzene rings is 1. The van der Waals surface area contributed by atoms with Gasteiger partial charge in [0.25, 0.3) is 0 Å². The Morgan fingerprint density at radius 1 is 1.41 bits per heavy atom. The number of halogens is 1. The molecule has 1 aromatic carbocycles. The molecule has 0 aliphatic carbocycles. The van der Waals surface area contributed by atoms with Crippen LogP contribution in [0, 0.1) is 6.92 Å². The summed E-state index contributed by atoms with van der Waals surface area (Å²) in [6.07, 6.45) is 0. The van der Waals surface area contributed by atoms with Crippen molar-refractivity contribution in [3.8, 4) is 0 Å². The Balaban J connectivity index is 1.98. The summed E-state index contributed by atoms with van der Waals surface area (Å²) < 4.78 is 5.37. The van der Waals surface area contributed by atoms with Gasteiger partial charge < -0.3 is 10.1 Å². The van der Waals surface area contributed by atoms with Gasteiger partial charge in [-0.25, -0.2) is 4.79 Å². The second-order valence-corrected chi connectivity index (χ2v) is 6.92. The number of nitrogens with one attached hydrogen (secondary N) is 1. The van der Waals surface area contributed by atoms with Gasteiger partial charge in [0.2, 0.25) is 5.91 Å². The van der Waals surface area contributed by atoms with E-state index < -0.39 is 5.97 Å². The molecule has 1 aromatic heterocycles. The van der Waals surface area contributed by atoms with E-state index in [2.05, 4.69) is 20.3 Å². The number of esters is 1. The maximum absolute atomic E-state index is 11.9. The number of carbonyl (C=O) groups is 2. The molecular formula is C13H12ClN3O3S2. The highest BCUT2D eigenvalue weighted by Crippen LogP contribution is 2.23. The van der Waals surface area contributed by atoms with E-state index in [1.807, 2.05) is 6.92 Å². The average molecular weight is 358 g/mol. The van der Waals surface area contributed by atoms with E-state index in [1.165, 1.54) is 42.3 Å². The summed E-state index contributed by atoms with van der Waals surface area (Å²) >= 11 is 8.65. The smallest absolute Gasteiger partial charge is 0.339 e. The van der Waals surface area contributed by atoms with Crippen LogP contribution in [0.2, 0.25) is 5.02 Å². The molecular weight excluding hydrogens is 346 g/mol. The fourth-order valence-electron chi connectivity index (χ4n) is 1.53. The molecule has 0 aliphatic heterocycles. The minimum atomic E-state index is -0.556. The summed E-state index contributed by atoms with van der Waals surface area (Å²) in [5.41, 5.74) is 0.679. The van der Waals surface area contributed by atoms with E-state index in [0.29, 0.717) is 5.69 Å². The fraction of sp³-hybridized carbons (Fsp3) is 0.231. The number of aryl methyl sites for hydroxylation is 1. The van der Waals surface area contributed by atoms with Crippen molar-refractivity contribution in [2.45, 2.75) is 11.3 Å². The first-order valence-electron chi connectivity index (χ1n) is 6.10. The molecule has 2 rings (SSSR count). The van der Waals surface area contributed by atoms with Gasteiger partial charge in [0.15, 0.2) is 4.34 Å². The van der Waals surface area contributed by atoms with Gasteiger partial charge in [0, 0.05) is 5.69 Å². The van der Waals surface area contributed by atoms with Crippen LogP contribution in [0.3, 0.4) is 0 Å². The van der Waals surface area contributed by atoms with Crippen LogP contribution in [-0.4, -0.2) is 34.9 Å². The number of amides is 1. The molecule has 6 nitrogen and oxygen atoms in total. The van der Waals surface area contributed by atoms with Crippen LogP contribution in [0.4, 0.5) is 5.69 Å². The lowest BCUT2D eigenvalue weighted by Gasteiger charge is -2.07. The highest BCUT2D eigenvalue weighted by Gasteiger charge is 2.13. The third kappa shape index (κ3) is 4.43. The molecule has 2 aromatic rings. The Kier molecular flexibility index (Phi) is 5.76. The van der Waals surface area contributed by atoms with Crippen LogP contribution in [0.15, 0.2) is 22.5 Å². The third-order valence-corrected chi connectivity index (χ3v) is 4.79. The first kappa shape index (κ1) is 16.7. The predicted molar refractivity (Wildman–Crippen MR) is 86.8 cm³/mol. The van der Waals surface area contributed by atoms with Gasteiger partial charge in [-0.2, -0.15) is 0 Å². The lowest BCUT2D eigenvalue weighted by molar-refractivity contribution is -0.113. The van der Waals surface area contributed by atoms with Crippen molar-refractivity contribution in [1.29, 1.82) is 0 Å². The predicted octanol–water partition coefficient (Wildman–Crippen LogP) is 3.02. The number of hydrogen-bond acceptors (Lipinski definition) is 7. The van der Waals surface area contributed by atoms with Crippen LogP contribution in [0.25, 0.3) is 0 Å². The molecule has 0 aliphatic rings. The molecule has 0 spiro atoms. The summed E-state index contributed by atoms with van der Waals surface area (Å²) in [5.74, 6) is -0.569. The van der Waals surface area contributed by atoms with E-state index in [1.54, 1.807) is 6.07 Å². The molecule has 9 heteroatoms. The number of aromatic nitrogens is 2.